The summed E-state index contributed by atoms with van der Waals surface area (Å²) in [5, 5.41) is 0.743. The van der Waals surface area contributed by atoms with Gasteiger partial charge in [0, 0.05) is 49.7 Å². The Labute approximate surface area is 170 Å². The predicted octanol–water partition coefficient (Wildman–Crippen LogP) is 3.78. The van der Waals surface area contributed by atoms with Crippen LogP contribution in [0, 0.1) is 0 Å². The van der Waals surface area contributed by atoms with E-state index in [0.29, 0.717) is 26.1 Å². The van der Waals surface area contributed by atoms with E-state index in [9.17, 15) is 4.79 Å². The Balaban J connectivity index is 1.28. The SMILES string of the molecule is O=C(CCc1ccc2c(c1)OCCCO2)N1CCN(c2ccc(Cl)cc2)CC1. The van der Waals surface area contributed by atoms with E-state index in [-0.39, 0.29) is 5.91 Å². The monoisotopic (exact) mass is 400 g/mol. The highest BCUT2D eigenvalue weighted by Crippen LogP contribution is 2.30. The van der Waals surface area contributed by atoms with Gasteiger partial charge in [0.2, 0.25) is 5.91 Å². The zero-order valence-corrected chi connectivity index (χ0v) is 16.7. The van der Waals surface area contributed by atoms with Crippen LogP contribution in [0.25, 0.3) is 0 Å². The van der Waals surface area contributed by atoms with Gasteiger partial charge in [-0.25, -0.2) is 0 Å². The van der Waals surface area contributed by atoms with Gasteiger partial charge in [-0.1, -0.05) is 17.7 Å². The van der Waals surface area contributed by atoms with Gasteiger partial charge < -0.3 is 19.3 Å². The van der Waals surface area contributed by atoms with Crippen molar-refractivity contribution < 1.29 is 14.3 Å². The zero-order chi connectivity index (χ0) is 19.3. The fourth-order valence-electron chi connectivity index (χ4n) is 3.64. The fourth-order valence-corrected chi connectivity index (χ4v) is 3.76. The first-order chi connectivity index (χ1) is 13.7. The second-order valence-corrected chi connectivity index (χ2v) is 7.61. The first kappa shape index (κ1) is 18.9. The maximum atomic E-state index is 12.6. The molecule has 1 amide bonds. The van der Waals surface area contributed by atoms with Crippen LogP contribution in [0.4, 0.5) is 5.69 Å². The van der Waals surface area contributed by atoms with E-state index in [4.69, 9.17) is 21.1 Å². The van der Waals surface area contributed by atoms with E-state index in [1.807, 2.05) is 47.4 Å². The molecule has 2 aliphatic rings. The molecular formula is C22H25ClN2O3. The minimum Gasteiger partial charge on any atom is -0.490 e. The summed E-state index contributed by atoms with van der Waals surface area (Å²) in [5.41, 5.74) is 2.26. The number of halogens is 1. The van der Waals surface area contributed by atoms with E-state index in [1.165, 1.54) is 0 Å². The van der Waals surface area contributed by atoms with E-state index in [1.54, 1.807) is 0 Å². The quantitative estimate of drug-likeness (QED) is 0.783. The number of rotatable bonds is 4. The third-order valence-corrected chi connectivity index (χ3v) is 5.52. The molecule has 148 valence electrons. The Bertz CT molecular complexity index is 817. The summed E-state index contributed by atoms with van der Waals surface area (Å²) in [7, 11) is 0. The summed E-state index contributed by atoms with van der Waals surface area (Å²) in [5.74, 6) is 1.80. The molecule has 6 heteroatoms. The third kappa shape index (κ3) is 4.53. The van der Waals surface area contributed by atoms with Crippen LogP contribution in [-0.2, 0) is 11.2 Å². The van der Waals surface area contributed by atoms with E-state index < -0.39 is 0 Å². The molecular weight excluding hydrogens is 376 g/mol. The molecule has 0 saturated carbocycles. The van der Waals surface area contributed by atoms with Crippen LogP contribution in [0.3, 0.4) is 0 Å². The number of amides is 1. The molecule has 0 bridgehead atoms. The topological polar surface area (TPSA) is 42.0 Å². The fraction of sp³-hybridized carbons (Fsp3) is 0.409. The molecule has 0 spiro atoms. The van der Waals surface area contributed by atoms with Crippen LogP contribution in [0.15, 0.2) is 42.5 Å². The van der Waals surface area contributed by atoms with Gasteiger partial charge in [-0.3, -0.25) is 4.79 Å². The number of hydrogen-bond acceptors (Lipinski definition) is 4. The first-order valence-electron chi connectivity index (χ1n) is 9.86. The van der Waals surface area contributed by atoms with Gasteiger partial charge in [0.15, 0.2) is 11.5 Å². The van der Waals surface area contributed by atoms with Crippen molar-refractivity contribution in [2.24, 2.45) is 0 Å². The highest BCUT2D eigenvalue weighted by Gasteiger charge is 2.21. The number of fused-ring (bicyclic) bond motifs is 1. The molecule has 2 aromatic rings. The lowest BCUT2D eigenvalue weighted by Crippen LogP contribution is -2.48. The van der Waals surface area contributed by atoms with Crippen LogP contribution < -0.4 is 14.4 Å². The van der Waals surface area contributed by atoms with Gasteiger partial charge in [-0.15, -0.1) is 0 Å². The lowest BCUT2D eigenvalue weighted by molar-refractivity contribution is -0.131. The average molecular weight is 401 g/mol. The van der Waals surface area contributed by atoms with Crippen LogP contribution >= 0.6 is 11.6 Å². The normalized spacial score (nSPS) is 16.6. The highest BCUT2D eigenvalue weighted by molar-refractivity contribution is 6.30. The zero-order valence-electron chi connectivity index (χ0n) is 15.9. The van der Waals surface area contributed by atoms with E-state index >= 15 is 0 Å². The smallest absolute Gasteiger partial charge is 0.223 e. The minimum atomic E-state index is 0.211. The number of nitrogens with zero attached hydrogens (tertiary/aromatic N) is 2. The number of piperazine rings is 1. The minimum absolute atomic E-state index is 0.211. The Hall–Kier alpha value is -2.40. The van der Waals surface area contributed by atoms with Crippen molar-refractivity contribution >= 4 is 23.2 Å². The number of carbonyl (C=O) groups excluding carboxylic acids is 1. The molecule has 0 aromatic heterocycles. The molecule has 0 atom stereocenters. The van der Waals surface area contributed by atoms with Crippen LogP contribution in [-0.4, -0.2) is 50.2 Å². The van der Waals surface area contributed by atoms with Crippen LogP contribution in [0.2, 0.25) is 5.02 Å². The van der Waals surface area contributed by atoms with Crippen molar-refractivity contribution in [3.8, 4) is 11.5 Å². The lowest BCUT2D eigenvalue weighted by Gasteiger charge is -2.36. The molecule has 1 saturated heterocycles. The standard InChI is InChI=1S/C22H25ClN2O3/c23-18-4-6-19(7-5-18)24-10-12-25(13-11-24)22(26)9-3-17-2-8-20-21(16-17)28-15-1-14-27-20/h2,4-8,16H,1,3,9-15H2. The largest absolute Gasteiger partial charge is 0.490 e. The highest BCUT2D eigenvalue weighted by atomic mass is 35.5. The number of benzene rings is 2. The molecule has 4 rings (SSSR count). The molecule has 2 aromatic carbocycles. The van der Waals surface area contributed by atoms with Crippen molar-refractivity contribution in [1.29, 1.82) is 0 Å². The van der Waals surface area contributed by atoms with Gasteiger partial charge >= 0.3 is 0 Å². The average Bonchev–Trinajstić information content (AvgIpc) is 2.98. The molecule has 5 nitrogen and oxygen atoms in total. The Morgan fingerprint density at radius 2 is 1.64 bits per heavy atom. The van der Waals surface area contributed by atoms with E-state index in [0.717, 1.165) is 60.4 Å². The maximum Gasteiger partial charge on any atom is 0.223 e. The Morgan fingerprint density at radius 3 is 2.39 bits per heavy atom. The van der Waals surface area contributed by atoms with Crippen LogP contribution in [0.5, 0.6) is 11.5 Å². The summed E-state index contributed by atoms with van der Waals surface area (Å²) in [6, 6.07) is 13.9. The Kier molecular flexibility index (Phi) is 5.91. The molecule has 1 fully saturated rings. The predicted molar refractivity (Wildman–Crippen MR) is 111 cm³/mol. The maximum absolute atomic E-state index is 12.6. The summed E-state index contributed by atoms with van der Waals surface area (Å²) in [6.07, 6.45) is 2.12. The molecule has 28 heavy (non-hydrogen) atoms. The first-order valence-corrected chi connectivity index (χ1v) is 10.2. The molecule has 0 radical (unpaired) electrons. The number of hydrogen-bond donors (Lipinski definition) is 0. The number of ether oxygens (including phenoxy) is 2. The second-order valence-electron chi connectivity index (χ2n) is 7.18. The summed E-state index contributed by atoms with van der Waals surface area (Å²) in [6.45, 7) is 4.56. The van der Waals surface area contributed by atoms with Crippen molar-refractivity contribution in [3.63, 3.8) is 0 Å². The number of carbonyl (C=O) groups is 1. The summed E-state index contributed by atoms with van der Waals surface area (Å²) >= 11 is 5.96. The summed E-state index contributed by atoms with van der Waals surface area (Å²) in [4.78, 5) is 16.9. The van der Waals surface area contributed by atoms with Gasteiger partial charge in [-0.2, -0.15) is 0 Å². The molecule has 0 unspecified atom stereocenters. The summed E-state index contributed by atoms with van der Waals surface area (Å²) < 4.78 is 11.4. The number of anilines is 1. The van der Waals surface area contributed by atoms with Gasteiger partial charge in [0.1, 0.15) is 0 Å². The van der Waals surface area contributed by atoms with Gasteiger partial charge in [0.05, 0.1) is 13.2 Å². The van der Waals surface area contributed by atoms with Crippen LogP contribution in [0.1, 0.15) is 18.4 Å². The second kappa shape index (κ2) is 8.74. The Morgan fingerprint density at radius 1 is 0.929 bits per heavy atom. The molecule has 0 aliphatic carbocycles. The molecule has 2 heterocycles. The van der Waals surface area contributed by atoms with Crippen molar-refractivity contribution in [2.45, 2.75) is 19.3 Å². The molecule has 2 aliphatic heterocycles. The van der Waals surface area contributed by atoms with Crippen molar-refractivity contribution in [1.82, 2.24) is 4.90 Å². The molecule has 0 N–H and O–H groups in total. The van der Waals surface area contributed by atoms with Crippen molar-refractivity contribution in [2.75, 3.05) is 44.3 Å². The third-order valence-electron chi connectivity index (χ3n) is 5.26. The van der Waals surface area contributed by atoms with E-state index in [2.05, 4.69) is 4.90 Å². The van der Waals surface area contributed by atoms with Gasteiger partial charge in [-0.05, 0) is 48.4 Å². The van der Waals surface area contributed by atoms with Crippen molar-refractivity contribution in [3.05, 3.63) is 53.1 Å². The van der Waals surface area contributed by atoms with Gasteiger partial charge in [0.25, 0.3) is 0 Å². The lowest BCUT2D eigenvalue weighted by atomic mass is 10.1. The number of aryl methyl sites for hydroxylation is 1.